The van der Waals surface area contributed by atoms with Crippen molar-refractivity contribution in [2.45, 2.75) is 56.5 Å². The van der Waals surface area contributed by atoms with E-state index in [1.54, 1.807) is 4.90 Å². The van der Waals surface area contributed by atoms with Crippen molar-refractivity contribution in [3.63, 3.8) is 0 Å². The molecule has 3 heterocycles. The summed E-state index contributed by atoms with van der Waals surface area (Å²) < 4.78 is 5.30. The van der Waals surface area contributed by atoms with Crippen LogP contribution in [0.4, 0.5) is 0 Å². The fourth-order valence-electron chi connectivity index (χ4n) is 3.18. The molecule has 1 aliphatic carbocycles. The lowest BCUT2D eigenvalue weighted by molar-refractivity contribution is -0.135. The van der Waals surface area contributed by atoms with Gasteiger partial charge in [0.25, 0.3) is 0 Å². The molecule has 3 fully saturated rings. The fourth-order valence-corrected chi connectivity index (χ4v) is 3.18. The maximum absolute atomic E-state index is 12.6. The van der Waals surface area contributed by atoms with Crippen LogP contribution in [-0.4, -0.2) is 39.4 Å². The minimum absolute atomic E-state index is 0.0129. The number of carbonyl (C=O) groups is 2. The molecule has 7 nitrogen and oxygen atoms in total. The molecule has 0 radical (unpaired) electrons. The zero-order chi connectivity index (χ0) is 14.4. The highest BCUT2D eigenvalue weighted by molar-refractivity contribution is 5.91. The van der Waals surface area contributed by atoms with Gasteiger partial charge in [0.05, 0.1) is 6.04 Å². The van der Waals surface area contributed by atoms with Crippen molar-refractivity contribution >= 4 is 11.8 Å². The predicted octanol–water partition coefficient (Wildman–Crippen LogP) is 0.889. The summed E-state index contributed by atoms with van der Waals surface area (Å²) in [5.41, 5.74) is 0. The molecular weight excluding hydrogens is 272 g/mol. The van der Waals surface area contributed by atoms with Crippen LogP contribution in [0.15, 0.2) is 4.52 Å². The first-order valence-electron chi connectivity index (χ1n) is 7.66. The monoisotopic (exact) mass is 290 g/mol. The summed E-state index contributed by atoms with van der Waals surface area (Å²) >= 11 is 0. The quantitative estimate of drug-likeness (QED) is 0.893. The molecule has 2 saturated heterocycles. The average molecular weight is 290 g/mol. The summed E-state index contributed by atoms with van der Waals surface area (Å²) in [5.74, 6) is 1.69. The van der Waals surface area contributed by atoms with Gasteiger partial charge < -0.3 is 14.7 Å². The zero-order valence-corrected chi connectivity index (χ0v) is 11.7. The normalized spacial score (nSPS) is 29.0. The molecule has 3 aliphatic rings. The summed E-state index contributed by atoms with van der Waals surface area (Å²) in [6.45, 7) is 0.698. The maximum Gasteiger partial charge on any atom is 0.245 e. The minimum atomic E-state index is -0.382. The third-order valence-electron chi connectivity index (χ3n) is 4.51. The van der Waals surface area contributed by atoms with Crippen LogP contribution >= 0.6 is 0 Å². The summed E-state index contributed by atoms with van der Waals surface area (Å²) in [5, 5.41) is 6.81. The van der Waals surface area contributed by atoms with Gasteiger partial charge in [-0.05, 0) is 32.1 Å². The third kappa shape index (κ3) is 2.30. The first-order valence-corrected chi connectivity index (χ1v) is 7.66. The van der Waals surface area contributed by atoms with Gasteiger partial charge in [-0.15, -0.1) is 0 Å². The maximum atomic E-state index is 12.6. The van der Waals surface area contributed by atoms with Gasteiger partial charge in [-0.2, -0.15) is 4.98 Å². The number of hydrogen-bond acceptors (Lipinski definition) is 5. The molecule has 1 N–H and O–H groups in total. The van der Waals surface area contributed by atoms with E-state index in [1.165, 1.54) is 0 Å². The Morgan fingerprint density at radius 3 is 2.86 bits per heavy atom. The smallest absolute Gasteiger partial charge is 0.245 e. The number of likely N-dealkylation sites (tertiary alicyclic amines) is 1. The van der Waals surface area contributed by atoms with E-state index in [0.717, 1.165) is 25.7 Å². The highest BCUT2D eigenvalue weighted by Crippen LogP contribution is 2.40. The van der Waals surface area contributed by atoms with Gasteiger partial charge in [-0.3, -0.25) is 9.59 Å². The van der Waals surface area contributed by atoms with Crippen molar-refractivity contribution in [1.29, 1.82) is 0 Å². The topological polar surface area (TPSA) is 88.3 Å². The van der Waals surface area contributed by atoms with Gasteiger partial charge in [0.1, 0.15) is 6.04 Å². The summed E-state index contributed by atoms with van der Waals surface area (Å²) in [4.78, 5) is 30.1. The second kappa shape index (κ2) is 4.82. The standard InChI is InChI=1S/C14H18N4O3/c19-11-6-5-9(15-11)14(20)18-7-1-2-10(18)12-16-13(21-17-12)8-3-4-8/h8-10H,1-7H2,(H,15,19)/t9-,10-/m1/s1. The van der Waals surface area contributed by atoms with Crippen molar-refractivity contribution in [2.75, 3.05) is 6.54 Å². The molecule has 7 heteroatoms. The van der Waals surface area contributed by atoms with E-state index >= 15 is 0 Å². The van der Waals surface area contributed by atoms with Gasteiger partial charge in [-0.1, -0.05) is 5.16 Å². The van der Waals surface area contributed by atoms with E-state index in [9.17, 15) is 9.59 Å². The van der Waals surface area contributed by atoms with Crippen LogP contribution in [0, 0.1) is 0 Å². The minimum Gasteiger partial charge on any atom is -0.344 e. The highest BCUT2D eigenvalue weighted by atomic mass is 16.5. The number of aromatic nitrogens is 2. The van der Waals surface area contributed by atoms with Crippen LogP contribution in [0.3, 0.4) is 0 Å². The van der Waals surface area contributed by atoms with Gasteiger partial charge in [0.15, 0.2) is 5.82 Å². The lowest BCUT2D eigenvalue weighted by Crippen LogP contribution is -2.44. The van der Waals surface area contributed by atoms with Crippen molar-refractivity contribution < 1.29 is 14.1 Å². The van der Waals surface area contributed by atoms with E-state index < -0.39 is 0 Å². The molecule has 2 amide bonds. The zero-order valence-electron chi connectivity index (χ0n) is 11.7. The molecule has 0 bridgehead atoms. The van der Waals surface area contributed by atoms with Crippen molar-refractivity contribution in [3.8, 4) is 0 Å². The van der Waals surface area contributed by atoms with Gasteiger partial charge in [-0.25, -0.2) is 0 Å². The van der Waals surface area contributed by atoms with Gasteiger partial charge in [0.2, 0.25) is 17.7 Å². The Balaban J connectivity index is 1.51. The average Bonchev–Trinajstić information content (AvgIpc) is 2.94. The number of hydrogen-bond donors (Lipinski definition) is 1. The summed E-state index contributed by atoms with van der Waals surface area (Å²) in [7, 11) is 0. The van der Waals surface area contributed by atoms with Gasteiger partial charge in [0, 0.05) is 18.9 Å². The Hall–Kier alpha value is -1.92. The van der Waals surface area contributed by atoms with Crippen LogP contribution in [-0.2, 0) is 9.59 Å². The van der Waals surface area contributed by atoms with Crippen LogP contribution < -0.4 is 5.32 Å². The van der Waals surface area contributed by atoms with E-state index in [0.29, 0.717) is 37.0 Å². The molecule has 0 unspecified atom stereocenters. The van der Waals surface area contributed by atoms with Crippen molar-refractivity contribution in [2.24, 2.45) is 0 Å². The van der Waals surface area contributed by atoms with Crippen molar-refractivity contribution in [1.82, 2.24) is 20.4 Å². The highest BCUT2D eigenvalue weighted by Gasteiger charge is 2.39. The Morgan fingerprint density at radius 1 is 1.29 bits per heavy atom. The Bertz CT molecular complexity index is 581. The van der Waals surface area contributed by atoms with E-state index in [4.69, 9.17) is 4.52 Å². The number of amides is 2. The third-order valence-corrected chi connectivity index (χ3v) is 4.51. The molecule has 1 saturated carbocycles. The van der Waals surface area contributed by atoms with Crippen LogP contribution in [0.2, 0.25) is 0 Å². The molecule has 21 heavy (non-hydrogen) atoms. The van der Waals surface area contributed by atoms with E-state index in [-0.39, 0.29) is 23.9 Å². The Labute approximate surface area is 122 Å². The lowest BCUT2D eigenvalue weighted by atomic mass is 10.1. The summed E-state index contributed by atoms with van der Waals surface area (Å²) in [6, 6.07) is -0.487. The van der Waals surface area contributed by atoms with Crippen LogP contribution in [0.25, 0.3) is 0 Å². The molecule has 1 aromatic rings. The Morgan fingerprint density at radius 2 is 2.14 bits per heavy atom. The predicted molar refractivity (Wildman–Crippen MR) is 71.1 cm³/mol. The molecule has 2 atom stereocenters. The molecular formula is C14H18N4O3. The van der Waals surface area contributed by atoms with Crippen LogP contribution in [0.5, 0.6) is 0 Å². The SMILES string of the molecule is O=C1CC[C@H](C(=O)N2CCC[C@@H]2c2noc(C3CC3)n2)N1. The number of nitrogens with zero attached hydrogens (tertiary/aromatic N) is 3. The first kappa shape index (κ1) is 12.8. The molecule has 4 rings (SSSR count). The molecule has 2 aliphatic heterocycles. The fraction of sp³-hybridized carbons (Fsp3) is 0.714. The molecule has 0 spiro atoms. The van der Waals surface area contributed by atoms with E-state index in [2.05, 4.69) is 15.5 Å². The van der Waals surface area contributed by atoms with Gasteiger partial charge >= 0.3 is 0 Å². The summed E-state index contributed by atoms with van der Waals surface area (Å²) in [6.07, 6.45) is 5.04. The lowest BCUT2D eigenvalue weighted by Gasteiger charge is -2.25. The largest absolute Gasteiger partial charge is 0.344 e. The number of carbonyl (C=O) groups excluding carboxylic acids is 2. The van der Waals surface area contributed by atoms with Crippen molar-refractivity contribution in [3.05, 3.63) is 11.7 Å². The first-order chi connectivity index (χ1) is 10.2. The molecule has 0 aromatic carbocycles. The van der Waals surface area contributed by atoms with Crippen LogP contribution in [0.1, 0.15) is 62.2 Å². The number of rotatable bonds is 3. The number of nitrogens with one attached hydrogen (secondary N) is 1. The second-order valence-corrected chi connectivity index (χ2v) is 6.11. The molecule has 1 aromatic heterocycles. The van der Waals surface area contributed by atoms with E-state index in [1.807, 2.05) is 0 Å². The second-order valence-electron chi connectivity index (χ2n) is 6.11. The molecule has 112 valence electrons. The Kier molecular flexibility index (Phi) is 2.94.